The van der Waals surface area contributed by atoms with Gasteiger partial charge >= 0.3 is 0 Å². The Bertz CT molecular complexity index is 746. The van der Waals surface area contributed by atoms with Gasteiger partial charge in [0.05, 0.1) is 6.04 Å². The molecular formula is C23H32N2O2. The van der Waals surface area contributed by atoms with Crippen molar-refractivity contribution < 1.29 is 9.53 Å². The van der Waals surface area contributed by atoms with E-state index in [2.05, 4.69) is 55.3 Å². The first-order valence-electron chi connectivity index (χ1n) is 9.40. The number of hydrogen-bond acceptors (Lipinski definition) is 3. The number of benzene rings is 2. The third-order valence-electron chi connectivity index (χ3n) is 4.73. The van der Waals surface area contributed by atoms with Crippen LogP contribution in [0.1, 0.15) is 43.5 Å². The molecule has 0 unspecified atom stereocenters. The predicted octanol–water partition coefficient (Wildman–Crippen LogP) is 4.09. The summed E-state index contributed by atoms with van der Waals surface area (Å²) in [5.74, 6) is 0.631. The molecule has 0 saturated heterocycles. The molecule has 1 N–H and O–H groups in total. The van der Waals surface area contributed by atoms with Gasteiger partial charge in [0.15, 0.2) is 6.61 Å². The first-order valence-corrected chi connectivity index (χ1v) is 9.40. The van der Waals surface area contributed by atoms with E-state index < -0.39 is 0 Å². The molecule has 0 heterocycles. The number of rotatable bonds is 7. The van der Waals surface area contributed by atoms with Crippen LogP contribution in [0.2, 0.25) is 0 Å². The summed E-state index contributed by atoms with van der Waals surface area (Å²) >= 11 is 0. The van der Waals surface area contributed by atoms with Crippen LogP contribution in [0.25, 0.3) is 0 Å². The average molecular weight is 369 g/mol. The Hall–Kier alpha value is -2.33. The minimum atomic E-state index is -0.114. The summed E-state index contributed by atoms with van der Waals surface area (Å²) in [4.78, 5) is 14.3. The summed E-state index contributed by atoms with van der Waals surface area (Å²) in [6.45, 7) is 9.16. The Morgan fingerprint density at radius 2 is 1.70 bits per heavy atom. The van der Waals surface area contributed by atoms with Gasteiger partial charge < -0.3 is 15.0 Å². The van der Waals surface area contributed by atoms with Crippen molar-refractivity contribution in [1.82, 2.24) is 10.2 Å². The maximum absolute atomic E-state index is 12.2. The number of nitrogens with zero attached hydrogens (tertiary/aromatic N) is 1. The zero-order valence-corrected chi connectivity index (χ0v) is 17.4. The molecule has 4 nitrogen and oxygen atoms in total. The third-order valence-corrected chi connectivity index (χ3v) is 4.73. The highest BCUT2D eigenvalue weighted by Crippen LogP contribution is 2.25. The maximum atomic E-state index is 12.2. The van der Waals surface area contributed by atoms with Crippen LogP contribution in [0.3, 0.4) is 0 Å². The van der Waals surface area contributed by atoms with Crippen molar-refractivity contribution >= 4 is 5.91 Å². The van der Waals surface area contributed by atoms with Gasteiger partial charge in [-0.2, -0.15) is 0 Å². The summed E-state index contributed by atoms with van der Waals surface area (Å²) in [5.41, 5.74) is 3.65. The number of amides is 1. The lowest BCUT2D eigenvalue weighted by Crippen LogP contribution is -2.37. The molecule has 2 aromatic carbocycles. The molecule has 2 aromatic rings. The number of ether oxygens (including phenoxy) is 1. The lowest BCUT2D eigenvalue weighted by atomic mass is 9.86. The molecule has 0 spiro atoms. The van der Waals surface area contributed by atoms with E-state index in [0.717, 1.165) is 11.3 Å². The smallest absolute Gasteiger partial charge is 0.258 e. The fourth-order valence-electron chi connectivity index (χ4n) is 2.93. The molecule has 1 amide bonds. The van der Waals surface area contributed by atoms with E-state index in [4.69, 9.17) is 4.74 Å². The lowest BCUT2D eigenvalue weighted by molar-refractivity contribution is -0.123. The van der Waals surface area contributed by atoms with E-state index in [1.165, 1.54) is 11.1 Å². The summed E-state index contributed by atoms with van der Waals surface area (Å²) in [5, 5.41) is 2.99. The largest absolute Gasteiger partial charge is 0.484 e. The second kappa shape index (κ2) is 9.05. The van der Waals surface area contributed by atoms with Crippen LogP contribution in [0.4, 0.5) is 0 Å². The van der Waals surface area contributed by atoms with Gasteiger partial charge in [0.25, 0.3) is 5.91 Å². The summed E-state index contributed by atoms with van der Waals surface area (Å²) < 4.78 is 5.62. The normalized spacial score (nSPS) is 12.7. The van der Waals surface area contributed by atoms with Crippen molar-refractivity contribution in [2.24, 2.45) is 0 Å². The van der Waals surface area contributed by atoms with Gasteiger partial charge in [0.2, 0.25) is 0 Å². The van der Waals surface area contributed by atoms with E-state index >= 15 is 0 Å². The van der Waals surface area contributed by atoms with Crippen LogP contribution in [-0.4, -0.2) is 38.1 Å². The molecule has 0 aliphatic carbocycles. The fourth-order valence-corrected chi connectivity index (χ4v) is 2.93. The van der Waals surface area contributed by atoms with E-state index in [9.17, 15) is 4.79 Å². The zero-order valence-electron chi connectivity index (χ0n) is 17.4. The van der Waals surface area contributed by atoms with E-state index in [1.54, 1.807) is 0 Å². The zero-order chi connectivity index (χ0) is 20.0. The molecule has 0 bridgehead atoms. The molecule has 4 heteroatoms. The van der Waals surface area contributed by atoms with Crippen LogP contribution in [0, 0.1) is 6.92 Å². The van der Waals surface area contributed by atoms with Crippen molar-refractivity contribution in [3.63, 3.8) is 0 Å². The molecular weight excluding hydrogens is 336 g/mol. The highest BCUT2D eigenvalue weighted by atomic mass is 16.5. The molecule has 2 rings (SSSR count). The molecule has 146 valence electrons. The van der Waals surface area contributed by atoms with E-state index in [1.807, 2.05) is 45.3 Å². The van der Waals surface area contributed by atoms with E-state index in [-0.39, 0.29) is 24.0 Å². The molecule has 1 atom stereocenters. The second-order valence-corrected chi connectivity index (χ2v) is 8.21. The summed E-state index contributed by atoms with van der Waals surface area (Å²) in [6, 6.07) is 16.5. The third kappa shape index (κ3) is 6.10. The van der Waals surface area contributed by atoms with Crippen molar-refractivity contribution in [2.45, 2.75) is 39.2 Å². The maximum Gasteiger partial charge on any atom is 0.258 e. The number of aryl methyl sites for hydroxylation is 1. The van der Waals surface area contributed by atoms with E-state index in [0.29, 0.717) is 6.54 Å². The van der Waals surface area contributed by atoms with Gasteiger partial charge in [0, 0.05) is 6.54 Å². The number of carbonyl (C=O) groups excluding carboxylic acids is 1. The molecule has 0 radical (unpaired) electrons. The average Bonchev–Trinajstić information content (AvgIpc) is 2.60. The predicted molar refractivity (Wildman–Crippen MR) is 111 cm³/mol. The quantitative estimate of drug-likeness (QED) is 0.800. The first-order chi connectivity index (χ1) is 12.7. The van der Waals surface area contributed by atoms with Gasteiger partial charge in [-0.15, -0.1) is 0 Å². The number of likely N-dealkylation sites (N-methyl/N-ethyl adjacent to an activating group) is 1. The number of para-hydroxylation sites is 1. The van der Waals surface area contributed by atoms with Crippen LogP contribution in [0.5, 0.6) is 5.75 Å². The number of hydrogen-bond donors (Lipinski definition) is 1. The monoisotopic (exact) mass is 368 g/mol. The molecule has 0 aliphatic heterocycles. The van der Waals surface area contributed by atoms with Gasteiger partial charge in [-0.1, -0.05) is 63.2 Å². The SMILES string of the molecule is Cc1ccccc1OCC(=O)NC[C@H](c1ccc(C(C)(C)C)cc1)N(C)C. The topological polar surface area (TPSA) is 41.6 Å². The summed E-state index contributed by atoms with van der Waals surface area (Å²) in [7, 11) is 4.05. The van der Waals surface area contributed by atoms with Crippen molar-refractivity contribution in [2.75, 3.05) is 27.2 Å². The Balaban J connectivity index is 1.94. The van der Waals surface area contributed by atoms with Gasteiger partial charge in [-0.05, 0) is 49.2 Å². The summed E-state index contributed by atoms with van der Waals surface area (Å²) in [6.07, 6.45) is 0. The molecule has 0 fully saturated rings. The Morgan fingerprint density at radius 1 is 1.07 bits per heavy atom. The highest BCUT2D eigenvalue weighted by molar-refractivity contribution is 5.77. The minimum Gasteiger partial charge on any atom is -0.484 e. The van der Waals surface area contributed by atoms with Crippen LogP contribution in [-0.2, 0) is 10.2 Å². The molecule has 0 aliphatic rings. The first kappa shape index (κ1) is 21.0. The highest BCUT2D eigenvalue weighted by Gasteiger charge is 2.18. The van der Waals surface area contributed by atoms with Crippen LogP contribution < -0.4 is 10.1 Å². The number of nitrogens with one attached hydrogen (secondary N) is 1. The second-order valence-electron chi connectivity index (χ2n) is 8.21. The van der Waals surface area contributed by atoms with Crippen molar-refractivity contribution in [3.8, 4) is 5.75 Å². The molecule has 0 saturated carbocycles. The molecule has 0 aromatic heterocycles. The molecule has 27 heavy (non-hydrogen) atoms. The fraction of sp³-hybridized carbons (Fsp3) is 0.435. The van der Waals surface area contributed by atoms with Gasteiger partial charge in [0.1, 0.15) is 5.75 Å². The van der Waals surface area contributed by atoms with Gasteiger partial charge in [-0.3, -0.25) is 4.79 Å². The van der Waals surface area contributed by atoms with Crippen molar-refractivity contribution in [1.29, 1.82) is 0 Å². The Labute approximate surface area is 163 Å². The standard InChI is InChI=1S/C23H32N2O2/c1-17-9-7-8-10-21(17)27-16-22(26)24-15-20(25(5)6)18-11-13-19(14-12-18)23(2,3)4/h7-14,20H,15-16H2,1-6H3,(H,24,26)/t20-/m1/s1. The Kier molecular flexibility index (Phi) is 7.03. The minimum absolute atomic E-state index is 0.0218. The van der Waals surface area contributed by atoms with Crippen LogP contribution >= 0.6 is 0 Å². The van der Waals surface area contributed by atoms with Crippen molar-refractivity contribution in [3.05, 3.63) is 65.2 Å². The van der Waals surface area contributed by atoms with Crippen LogP contribution in [0.15, 0.2) is 48.5 Å². The Morgan fingerprint density at radius 3 is 2.26 bits per heavy atom. The lowest BCUT2D eigenvalue weighted by Gasteiger charge is -2.26. The number of carbonyl (C=O) groups is 1. The van der Waals surface area contributed by atoms with Gasteiger partial charge in [-0.25, -0.2) is 0 Å².